The SMILES string of the molecule is CCc1cncc(C2=CC[C@H]3[C@@H]4CC[C@H]5CC(=O)OCC[C@]5(C)[C@H]4CC[C@]23C)c1.CCc1cncc(C2=CC[C@H]3[C@@H]4CC[C@H]5COC(=O)CC[C@]5(C)[C@H]4CC[C@]23C)c1. The number of pyridine rings is 2. The van der Waals surface area contributed by atoms with Gasteiger partial charge in [0.05, 0.1) is 13.2 Å². The van der Waals surface area contributed by atoms with E-state index in [-0.39, 0.29) is 33.6 Å². The Kier molecular flexibility index (Phi) is 10.6. The first-order chi connectivity index (χ1) is 27.9. The van der Waals surface area contributed by atoms with E-state index in [1.807, 2.05) is 12.4 Å². The summed E-state index contributed by atoms with van der Waals surface area (Å²) in [4.78, 5) is 33.2. The van der Waals surface area contributed by atoms with Gasteiger partial charge in [0, 0.05) is 37.6 Å². The summed E-state index contributed by atoms with van der Waals surface area (Å²) in [7, 11) is 0. The maximum atomic E-state index is 12.1. The quantitative estimate of drug-likeness (QED) is 0.287. The molecule has 12 atom stereocenters. The number of esters is 2. The average Bonchev–Trinajstić information content (AvgIpc) is 3.67. The van der Waals surface area contributed by atoms with Crippen molar-refractivity contribution in [2.75, 3.05) is 13.2 Å². The van der Waals surface area contributed by atoms with E-state index in [1.165, 1.54) is 86.5 Å². The molecule has 0 N–H and O–H groups in total. The van der Waals surface area contributed by atoms with Crippen molar-refractivity contribution in [3.8, 4) is 0 Å². The van der Waals surface area contributed by atoms with E-state index >= 15 is 0 Å². The highest BCUT2D eigenvalue weighted by molar-refractivity contribution is 5.74. The third-order valence-electron chi connectivity index (χ3n) is 19.0. The third kappa shape index (κ3) is 6.55. The van der Waals surface area contributed by atoms with Crippen LogP contribution in [0.15, 0.2) is 49.1 Å². The van der Waals surface area contributed by atoms with Gasteiger partial charge in [-0.2, -0.15) is 0 Å². The Morgan fingerprint density at radius 3 is 1.69 bits per heavy atom. The molecule has 2 aliphatic heterocycles. The van der Waals surface area contributed by atoms with E-state index < -0.39 is 0 Å². The molecule has 4 heterocycles. The lowest BCUT2D eigenvalue weighted by molar-refractivity contribution is -0.145. The van der Waals surface area contributed by atoms with Crippen molar-refractivity contribution >= 4 is 23.1 Å². The topological polar surface area (TPSA) is 78.4 Å². The molecule has 2 aromatic heterocycles. The zero-order chi connectivity index (χ0) is 40.5. The van der Waals surface area contributed by atoms with Crippen molar-refractivity contribution < 1.29 is 19.1 Å². The second kappa shape index (κ2) is 15.3. The van der Waals surface area contributed by atoms with Crippen LogP contribution in [0.3, 0.4) is 0 Å². The van der Waals surface area contributed by atoms with Crippen molar-refractivity contribution in [1.29, 1.82) is 0 Å². The Labute approximate surface area is 348 Å². The largest absolute Gasteiger partial charge is 0.466 e. The normalized spacial score (nSPS) is 41.5. The van der Waals surface area contributed by atoms with Crippen molar-refractivity contribution in [3.63, 3.8) is 0 Å². The molecule has 6 nitrogen and oxygen atoms in total. The Morgan fingerprint density at radius 1 is 0.603 bits per heavy atom. The van der Waals surface area contributed by atoms with Gasteiger partial charge in [0.25, 0.3) is 0 Å². The second-order valence-corrected chi connectivity index (χ2v) is 21.2. The zero-order valence-electron chi connectivity index (χ0n) is 36.5. The fraction of sp³-hybridized carbons (Fsp3) is 0.692. The monoisotopic (exact) mass is 787 g/mol. The van der Waals surface area contributed by atoms with Gasteiger partial charge in [-0.15, -0.1) is 0 Å². The molecule has 312 valence electrons. The first-order valence-electron chi connectivity index (χ1n) is 23.5. The number of nitrogens with zero attached hydrogens (tertiary/aromatic N) is 2. The molecule has 58 heavy (non-hydrogen) atoms. The standard InChI is InChI=1S/2C26H35NO2/c1-4-17-13-18(15-27-14-17)21-7-8-22-20-6-5-19-16-29-24(28)10-12-25(19,2)23(20)9-11-26(21,22)3;1-4-17-13-18(16-27-15-17)21-7-8-22-20-6-5-19-14-24(28)29-12-11-25(19,2)23(20)9-10-26(21,22)3/h7,13-15,19-20,22-23H,4-6,8-12,16H2,1-3H3;7,13,15-16,19-20,22-23H,4-6,8-12,14H2,1-3H3/t2*19-,20-,22-,23-,25-,26+/m00/s1. The van der Waals surface area contributed by atoms with Gasteiger partial charge < -0.3 is 9.47 Å². The molecule has 2 aromatic rings. The van der Waals surface area contributed by atoms with Gasteiger partial charge in [-0.25, -0.2) is 0 Å². The van der Waals surface area contributed by atoms with E-state index in [9.17, 15) is 9.59 Å². The van der Waals surface area contributed by atoms with Crippen molar-refractivity contribution in [1.82, 2.24) is 9.97 Å². The summed E-state index contributed by atoms with van der Waals surface area (Å²) >= 11 is 0. The third-order valence-corrected chi connectivity index (χ3v) is 19.0. The molecular weight excluding hydrogens is 717 g/mol. The number of carbonyl (C=O) groups is 2. The summed E-state index contributed by atoms with van der Waals surface area (Å²) in [6.45, 7) is 15.7. The van der Waals surface area contributed by atoms with Crippen LogP contribution in [0, 0.1) is 69.0 Å². The van der Waals surface area contributed by atoms with E-state index in [1.54, 1.807) is 11.1 Å². The summed E-state index contributed by atoms with van der Waals surface area (Å²) in [6.07, 6.45) is 31.2. The lowest BCUT2D eigenvalue weighted by atomic mass is 9.46. The van der Waals surface area contributed by atoms with Crippen LogP contribution in [0.5, 0.6) is 0 Å². The second-order valence-electron chi connectivity index (χ2n) is 21.2. The molecule has 10 rings (SSSR count). The highest BCUT2D eigenvalue weighted by Crippen LogP contribution is 2.68. The number of aryl methyl sites for hydroxylation is 2. The number of hydrogen-bond donors (Lipinski definition) is 0. The number of fused-ring (bicyclic) bond motifs is 10. The molecule has 0 unspecified atom stereocenters. The number of ether oxygens (including phenoxy) is 2. The lowest BCUT2D eigenvalue weighted by Gasteiger charge is -2.58. The highest BCUT2D eigenvalue weighted by atomic mass is 16.5. The number of cyclic esters (lactones) is 2. The van der Waals surface area contributed by atoms with Crippen LogP contribution >= 0.6 is 0 Å². The highest BCUT2D eigenvalue weighted by Gasteiger charge is 2.60. The Balaban J connectivity index is 0.000000150. The molecule has 0 aromatic carbocycles. The smallest absolute Gasteiger partial charge is 0.306 e. The summed E-state index contributed by atoms with van der Waals surface area (Å²) in [6, 6.07) is 4.73. The van der Waals surface area contributed by atoms with Crippen molar-refractivity contribution in [2.45, 2.75) is 144 Å². The van der Waals surface area contributed by atoms with Crippen LogP contribution in [0.1, 0.15) is 154 Å². The Morgan fingerprint density at radius 2 is 1.14 bits per heavy atom. The lowest BCUT2D eigenvalue weighted by Crippen LogP contribution is -2.51. The summed E-state index contributed by atoms with van der Waals surface area (Å²) < 4.78 is 11.1. The predicted octanol–water partition coefficient (Wildman–Crippen LogP) is 11.7. The Bertz CT molecular complexity index is 1870. The maximum absolute atomic E-state index is 12.1. The van der Waals surface area contributed by atoms with Gasteiger partial charge in [0.15, 0.2) is 0 Å². The fourth-order valence-electron chi connectivity index (χ4n) is 15.4. The van der Waals surface area contributed by atoms with E-state index in [0.29, 0.717) is 37.9 Å². The van der Waals surface area contributed by atoms with Gasteiger partial charge in [0.2, 0.25) is 0 Å². The van der Waals surface area contributed by atoms with Gasteiger partial charge in [-0.3, -0.25) is 19.6 Å². The van der Waals surface area contributed by atoms with Crippen LogP contribution in [0.25, 0.3) is 11.1 Å². The minimum atomic E-state index is 0.0194. The molecule has 6 fully saturated rings. The molecule has 0 spiro atoms. The molecular formula is C52H70N2O4. The number of aromatic nitrogens is 2. The van der Waals surface area contributed by atoms with E-state index in [0.717, 1.165) is 61.2 Å². The number of hydrogen-bond acceptors (Lipinski definition) is 6. The minimum absolute atomic E-state index is 0.0194. The summed E-state index contributed by atoms with van der Waals surface area (Å²) in [5, 5.41) is 0. The van der Waals surface area contributed by atoms with Gasteiger partial charge >= 0.3 is 11.9 Å². The van der Waals surface area contributed by atoms with Crippen molar-refractivity contribution in [2.24, 2.45) is 69.0 Å². The molecule has 0 bridgehead atoms. The van der Waals surface area contributed by atoms with Gasteiger partial charge in [-0.05, 0) is 204 Å². The summed E-state index contributed by atoms with van der Waals surface area (Å²) in [5.41, 5.74) is 9.55. The molecule has 2 saturated heterocycles. The first kappa shape index (κ1) is 40.1. The van der Waals surface area contributed by atoms with Crippen molar-refractivity contribution in [3.05, 3.63) is 71.3 Å². The molecule has 6 aliphatic carbocycles. The first-order valence-corrected chi connectivity index (χ1v) is 23.5. The zero-order valence-corrected chi connectivity index (χ0v) is 36.5. The predicted molar refractivity (Wildman–Crippen MR) is 230 cm³/mol. The van der Waals surface area contributed by atoms with E-state index in [4.69, 9.17) is 9.47 Å². The van der Waals surface area contributed by atoms with Crippen LogP contribution in [-0.4, -0.2) is 35.1 Å². The molecule has 0 amide bonds. The number of allylic oxidation sites excluding steroid dienone is 4. The van der Waals surface area contributed by atoms with E-state index in [2.05, 4.69) is 88.2 Å². The average molecular weight is 787 g/mol. The molecule has 6 heteroatoms. The Hall–Kier alpha value is -3.28. The number of rotatable bonds is 4. The van der Waals surface area contributed by atoms with Gasteiger partial charge in [0.1, 0.15) is 0 Å². The molecule has 8 aliphatic rings. The van der Waals surface area contributed by atoms with Crippen LogP contribution in [0.2, 0.25) is 0 Å². The minimum Gasteiger partial charge on any atom is -0.466 e. The van der Waals surface area contributed by atoms with Gasteiger partial charge in [-0.1, -0.05) is 53.7 Å². The fourth-order valence-corrected chi connectivity index (χ4v) is 15.4. The maximum Gasteiger partial charge on any atom is 0.306 e. The molecule has 4 saturated carbocycles. The summed E-state index contributed by atoms with van der Waals surface area (Å²) in [5.74, 6) is 5.62. The van der Waals surface area contributed by atoms with Crippen LogP contribution < -0.4 is 0 Å². The number of carbonyl (C=O) groups excluding carboxylic acids is 2. The van der Waals surface area contributed by atoms with Crippen LogP contribution in [-0.2, 0) is 31.9 Å². The molecule has 0 radical (unpaired) electrons. The van der Waals surface area contributed by atoms with Crippen LogP contribution in [0.4, 0.5) is 0 Å².